The predicted molar refractivity (Wildman–Crippen MR) is 97.6 cm³/mol. The molecule has 2 aromatic rings. The highest BCUT2D eigenvalue weighted by Gasteiger charge is 2.37. The summed E-state index contributed by atoms with van der Waals surface area (Å²) in [5.74, 6) is -0.252. The highest BCUT2D eigenvalue weighted by Crippen LogP contribution is 2.33. The molecule has 8 heteroatoms. The number of carboxylic acids is 1. The first-order valence-electron chi connectivity index (χ1n) is 9.30. The topological polar surface area (TPSA) is 100 Å². The van der Waals surface area contributed by atoms with Crippen LogP contribution in [0.2, 0.25) is 0 Å². The van der Waals surface area contributed by atoms with Gasteiger partial charge in [0.2, 0.25) is 0 Å². The summed E-state index contributed by atoms with van der Waals surface area (Å²) in [6.07, 6.45) is 7.04. The Kier molecular flexibility index (Phi) is 4.89. The summed E-state index contributed by atoms with van der Waals surface area (Å²) in [6.45, 7) is 0.944. The Labute approximate surface area is 157 Å². The maximum Gasteiger partial charge on any atom is 0.317 e. The fourth-order valence-electron chi connectivity index (χ4n) is 3.55. The van der Waals surface area contributed by atoms with E-state index in [9.17, 15) is 9.59 Å². The van der Waals surface area contributed by atoms with Crippen molar-refractivity contribution in [1.29, 1.82) is 0 Å². The van der Waals surface area contributed by atoms with Crippen LogP contribution in [0.5, 0.6) is 0 Å². The Morgan fingerprint density at radius 2 is 2.11 bits per heavy atom. The molecule has 2 fully saturated rings. The number of rotatable bonds is 8. The van der Waals surface area contributed by atoms with Gasteiger partial charge in [0, 0.05) is 24.2 Å². The van der Waals surface area contributed by atoms with Gasteiger partial charge in [-0.2, -0.15) is 5.10 Å². The molecule has 0 saturated heterocycles. The first kappa shape index (κ1) is 17.7. The summed E-state index contributed by atoms with van der Waals surface area (Å²) < 4.78 is 1.61. The van der Waals surface area contributed by atoms with E-state index < -0.39 is 5.97 Å². The molecule has 0 spiro atoms. The van der Waals surface area contributed by atoms with Gasteiger partial charge in [-0.25, -0.2) is 9.67 Å². The van der Waals surface area contributed by atoms with Crippen LogP contribution in [0.4, 0.5) is 0 Å². The van der Waals surface area contributed by atoms with E-state index in [2.05, 4.69) is 20.3 Å². The molecular formula is C19H23N5O3. The van der Waals surface area contributed by atoms with Crippen molar-refractivity contribution in [3.8, 4) is 5.69 Å². The monoisotopic (exact) mass is 369 g/mol. The molecule has 0 unspecified atom stereocenters. The Bertz CT molecular complexity index is 813. The number of carboxylic acid groups (broad SMARTS) is 1. The molecule has 2 saturated carbocycles. The number of hydrogen-bond acceptors (Lipinski definition) is 5. The molecule has 8 nitrogen and oxygen atoms in total. The summed E-state index contributed by atoms with van der Waals surface area (Å²) in [6, 6.07) is 7.58. The van der Waals surface area contributed by atoms with Gasteiger partial charge in [-0.15, -0.1) is 0 Å². The lowest BCUT2D eigenvalue weighted by atomic mass is 9.85. The highest BCUT2D eigenvalue weighted by atomic mass is 16.4. The molecule has 1 amide bonds. The zero-order chi connectivity index (χ0) is 18.8. The minimum absolute atomic E-state index is 0.0851. The lowest BCUT2D eigenvalue weighted by molar-refractivity contribution is -0.139. The van der Waals surface area contributed by atoms with E-state index in [-0.39, 0.29) is 24.5 Å². The number of aromatic nitrogens is 3. The average Bonchev–Trinajstić information content (AvgIpc) is 3.25. The van der Waals surface area contributed by atoms with E-state index >= 15 is 0 Å². The van der Waals surface area contributed by atoms with Crippen molar-refractivity contribution in [3.63, 3.8) is 0 Å². The third kappa shape index (κ3) is 4.33. The molecule has 1 aromatic carbocycles. The number of nitrogens with one attached hydrogen (secondary N) is 1. The van der Waals surface area contributed by atoms with Gasteiger partial charge in [-0.1, -0.05) is 6.07 Å². The van der Waals surface area contributed by atoms with E-state index in [4.69, 9.17) is 5.11 Å². The summed E-state index contributed by atoms with van der Waals surface area (Å²) in [5, 5.41) is 16.3. The number of nitrogens with zero attached hydrogens (tertiary/aromatic N) is 4. The van der Waals surface area contributed by atoms with Crippen molar-refractivity contribution in [3.05, 3.63) is 42.5 Å². The molecule has 0 aliphatic heterocycles. The molecule has 1 aromatic heterocycles. The molecule has 27 heavy (non-hydrogen) atoms. The fraction of sp³-hybridized carbons (Fsp3) is 0.474. The molecular weight excluding hydrogens is 346 g/mol. The molecule has 1 heterocycles. The van der Waals surface area contributed by atoms with Crippen molar-refractivity contribution in [2.45, 2.75) is 37.8 Å². The Morgan fingerprint density at radius 3 is 2.78 bits per heavy atom. The first-order chi connectivity index (χ1) is 13.1. The summed E-state index contributed by atoms with van der Waals surface area (Å²) >= 11 is 0. The smallest absolute Gasteiger partial charge is 0.317 e. The number of carbonyl (C=O) groups is 2. The van der Waals surface area contributed by atoms with Crippen molar-refractivity contribution < 1.29 is 14.7 Å². The second-order valence-electron chi connectivity index (χ2n) is 7.45. The van der Waals surface area contributed by atoms with Crippen LogP contribution < -0.4 is 5.32 Å². The molecule has 2 aliphatic rings. The summed E-state index contributed by atoms with van der Waals surface area (Å²) in [5.41, 5.74) is 1.36. The van der Waals surface area contributed by atoms with Gasteiger partial charge in [-0.3, -0.25) is 14.5 Å². The molecule has 2 N–H and O–H groups in total. The van der Waals surface area contributed by atoms with E-state index in [0.29, 0.717) is 11.5 Å². The fourth-order valence-corrected chi connectivity index (χ4v) is 3.55. The van der Waals surface area contributed by atoms with E-state index in [0.717, 1.165) is 25.1 Å². The number of benzene rings is 1. The number of aliphatic carboxylic acids is 1. The Balaban J connectivity index is 1.32. The van der Waals surface area contributed by atoms with Gasteiger partial charge in [0.05, 0.1) is 12.2 Å². The predicted octanol–water partition coefficient (Wildman–Crippen LogP) is 1.32. The van der Waals surface area contributed by atoms with E-state index in [1.807, 2.05) is 12.1 Å². The molecule has 4 rings (SSSR count). The average molecular weight is 369 g/mol. The van der Waals surface area contributed by atoms with Gasteiger partial charge < -0.3 is 10.4 Å². The summed E-state index contributed by atoms with van der Waals surface area (Å²) in [7, 11) is 0. The van der Waals surface area contributed by atoms with Gasteiger partial charge >= 0.3 is 5.97 Å². The molecule has 142 valence electrons. The molecule has 0 atom stereocenters. The zero-order valence-corrected chi connectivity index (χ0v) is 15.0. The quantitative estimate of drug-likeness (QED) is 0.728. The minimum atomic E-state index is -0.784. The lowest BCUT2D eigenvalue weighted by Crippen LogP contribution is -2.55. The Hall–Kier alpha value is -2.74. The largest absolute Gasteiger partial charge is 0.480 e. The van der Waals surface area contributed by atoms with E-state index in [1.165, 1.54) is 19.2 Å². The van der Waals surface area contributed by atoms with Crippen LogP contribution in [0.25, 0.3) is 5.69 Å². The second-order valence-corrected chi connectivity index (χ2v) is 7.45. The number of hydrogen-bond donors (Lipinski definition) is 2. The molecule has 2 aliphatic carbocycles. The van der Waals surface area contributed by atoms with Crippen molar-refractivity contribution in [1.82, 2.24) is 25.0 Å². The van der Waals surface area contributed by atoms with Crippen LogP contribution in [0.15, 0.2) is 36.9 Å². The molecule has 0 bridgehead atoms. The van der Waals surface area contributed by atoms with Crippen LogP contribution in [-0.2, 0) is 4.79 Å². The van der Waals surface area contributed by atoms with Crippen molar-refractivity contribution in [2.24, 2.45) is 5.92 Å². The first-order valence-corrected chi connectivity index (χ1v) is 9.30. The highest BCUT2D eigenvalue weighted by molar-refractivity contribution is 5.95. The van der Waals surface area contributed by atoms with Crippen molar-refractivity contribution in [2.75, 3.05) is 13.1 Å². The third-order valence-corrected chi connectivity index (χ3v) is 5.28. The minimum Gasteiger partial charge on any atom is -0.480 e. The van der Waals surface area contributed by atoms with Gasteiger partial charge in [0.1, 0.15) is 12.7 Å². The van der Waals surface area contributed by atoms with E-state index in [1.54, 1.807) is 23.1 Å². The van der Waals surface area contributed by atoms with Crippen LogP contribution in [0.3, 0.4) is 0 Å². The third-order valence-electron chi connectivity index (χ3n) is 5.28. The number of carbonyl (C=O) groups excluding carboxylic acids is 1. The normalized spacial score (nSPS) is 21.7. The SMILES string of the molecule is O=C(O)CN(CC1CC1)C1CC(NC(=O)c2cccc(-n3cncn3)c2)C1. The summed E-state index contributed by atoms with van der Waals surface area (Å²) in [4.78, 5) is 29.6. The van der Waals surface area contributed by atoms with Gasteiger partial charge in [-0.05, 0) is 49.8 Å². The second kappa shape index (κ2) is 7.48. The molecule has 0 radical (unpaired) electrons. The lowest BCUT2D eigenvalue weighted by Gasteiger charge is -2.42. The maximum atomic E-state index is 12.5. The maximum absolute atomic E-state index is 12.5. The van der Waals surface area contributed by atoms with Crippen LogP contribution in [0, 0.1) is 5.92 Å². The van der Waals surface area contributed by atoms with Gasteiger partial charge in [0.25, 0.3) is 5.91 Å². The van der Waals surface area contributed by atoms with Crippen molar-refractivity contribution >= 4 is 11.9 Å². The van der Waals surface area contributed by atoms with Crippen LogP contribution >= 0.6 is 0 Å². The number of amides is 1. The standard InChI is InChI=1S/C19H23N5O3/c25-18(26)10-23(9-13-4-5-13)17-7-15(8-17)22-19(27)14-2-1-3-16(6-14)24-12-20-11-21-24/h1-3,6,11-13,15,17H,4-5,7-10H2,(H,22,27)(H,25,26). The van der Waals surface area contributed by atoms with Crippen LogP contribution in [-0.4, -0.2) is 61.8 Å². The Morgan fingerprint density at radius 1 is 1.30 bits per heavy atom. The van der Waals surface area contributed by atoms with Crippen LogP contribution in [0.1, 0.15) is 36.0 Å². The van der Waals surface area contributed by atoms with Gasteiger partial charge in [0.15, 0.2) is 0 Å². The zero-order valence-electron chi connectivity index (χ0n) is 15.0.